The number of hydrogen-bond donors (Lipinski definition) is 2. The Morgan fingerprint density at radius 1 is 0.385 bits per heavy atom. The van der Waals surface area contributed by atoms with Crippen LogP contribution in [-0.4, -0.2) is 49.3 Å². The van der Waals surface area contributed by atoms with E-state index in [-0.39, 0.29) is 38.6 Å². The standard InChI is InChI=1S/C68H130NO8P/c1-3-5-7-9-11-13-15-17-19-21-22-23-24-25-26-27-28-29-30-31-32-33-34-35-36-37-38-39-40-41-42-43-44-45-47-49-51-53-55-57-59-61-68(71)77-66(65-76-78(72,73)75-63-62-69)64-74-67(70)60-58-56-54-52-50-48-46-20-18-16-14-12-10-8-6-4-2/h15,17,20-22,46,66H,3-14,16,18-19,23-45,47-65,69H2,1-2H3,(H,72,73)/b17-15-,22-21-,46-20-. The van der Waals surface area contributed by atoms with Gasteiger partial charge in [0, 0.05) is 19.4 Å². The molecule has 0 aliphatic rings. The summed E-state index contributed by atoms with van der Waals surface area (Å²) in [7, 11) is -4.39. The summed E-state index contributed by atoms with van der Waals surface area (Å²) in [4.78, 5) is 35.2. The number of hydrogen-bond acceptors (Lipinski definition) is 8. The quantitative estimate of drug-likeness (QED) is 0.0264. The number of allylic oxidation sites excluding steroid dienone is 6. The van der Waals surface area contributed by atoms with Crippen molar-refractivity contribution in [3.8, 4) is 0 Å². The zero-order valence-corrected chi connectivity index (χ0v) is 52.6. The van der Waals surface area contributed by atoms with Crippen molar-refractivity contribution in [1.82, 2.24) is 0 Å². The van der Waals surface area contributed by atoms with Crippen LogP contribution in [0.3, 0.4) is 0 Å². The topological polar surface area (TPSA) is 134 Å². The number of unbranched alkanes of at least 4 members (excludes halogenated alkanes) is 46. The van der Waals surface area contributed by atoms with Gasteiger partial charge in [0.05, 0.1) is 13.2 Å². The molecule has 0 aliphatic heterocycles. The Labute approximate surface area is 484 Å². The molecular formula is C68H130NO8P. The molecule has 0 saturated carbocycles. The first-order chi connectivity index (χ1) is 38.3. The van der Waals surface area contributed by atoms with Crippen molar-refractivity contribution < 1.29 is 37.6 Å². The average Bonchev–Trinajstić information content (AvgIpc) is 3.43. The Bertz CT molecular complexity index is 1370. The van der Waals surface area contributed by atoms with E-state index in [1.54, 1.807) is 0 Å². The van der Waals surface area contributed by atoms with E-state index in [1.807, 2.05) is 0 Å². The normalized spacial score (nSPS) is 13.1. The number of esters is 2. The fourth-order valence-electron chi connectivity index (χ4n) is 10.2. The van der Waals surface area contributed by atoms with E-state index in [4.69, 9.17) is 24.3 Å². The summed E-state index contributed by atoms with van der Waals surface area (Å²) in [6.45, 7) is 3.77. The van der Waals surface area contributed by atoms with Crippen LogP contribution in [0.5, 0.6) is 0 Å². The highest BCUT2D eigenvalue weighted by atomic mass is 31.2. The van der Waals surface area contributed by atoms with E-state index >= 15 is 0 Å². The molecule has 0 radical (unpaired) electrons. The molecule has 2 atom stereocenters. The summed E-state index contributed by atoms with van der Waals surface area (Å²) in [5.74, 6) is -0.820. The number of rotatable bonds is 65. The van der Waals surface area contributed by atoms with Gasteiger partial charge in [0.25, 0.3) is 0 Å². The minimum absolute atomic E-state index is 0.0546. The first-order valence-corrected chi connectivity index (χ1v) is 35.5. The van der Waals surface area contributed by atoms with Crippen LogP contribution in [0, 0.1) is 0 Å². The third-order valence-electron chi connectivity index (χ3n) is 15.2. The molecule has 0 aromatic heterocycles. The van der Waals surface area contributed by atoms with Crippen LogP contribution in [0.4, 0.5) is 0 Å². The van der Waals surface area contributed by atoms with Gasteiger partial charge in [0.15, 0.2) is 6.10 Å². The molecule has 0 aliphatic carbocycles. The zero-order chi connectivity index (χ0) is 56.6. The van der Waals surface area contributed by atoms with Gasteiger partial charge in [0.2, 0.25) is 0 Å². The second-order valence-corrected chi connectivity index (χ2v) is 24.5. The van der Waals surface area contributed by atoms with Crippen molar-refractivity contribution in [2.24, 2.45) is 5.73 Å². The third-order valence-corrected chi connectivity index (χ3v) is 16.2. The second kappa shape index (κ2) is 64.4. The highest BCUT2D eigenvalue weighted by molar-refractivity contribution is 7.47. The molecule has 0 aromatic carbocycles. The Kier molecular flexibility index (Phi) is 62.9. The monoisotopic (exact) mass is 1120 g/mol. The SMILES string of the molecule is CCCCCCC/C=C\C/C=C\CCCCCCCCCCCCCCCCCCCCCCCCCCCCCCCC(=O)OC(COC(=O)CCCCCCC/C=C\CCCCCCCCC)COP(=O)(O)OCCN. The van der Waals surface area contributed by atoms with E-state index < -0.39 is 26.5 Å². The molecule has 0 bridgehead atoms. The highest BCUT2D eigenvalue weighted by Gasteiger charge is 2.26. The van der Waals surface area contributed by atoms with E-state index in [0.29, 0.717) is 6.42 Å². The summed E-state index contributed by atoms with van der Waals surface area (Å²) in [5, 5.41) is 0. The van der Waals surface area contributed by atoms with Crippen molar-refractivity contribution in [2.45, 2.75) is 360 Å². The summed E-state index contributed by atoms with van der Waals surface area (Å²) >= 11 is 0. The van der Waals surface area contributed by atoms with Crippen molar-refractivity contribution in [3.63, 3.8) is 0 Å². The Morgan fingerprint density at radius 2 is 0.667 bits per heavy atom. The summed E-state index contributed by atoms with van der Waals surface area (Å²) in [6, 6.07) is 0. The van der Waals surface area contributed by atoms with Crippen LogP contribution < -0.4 is 5.73 Å². The average molecular weight is 1120 g/mol. The number of ether oxygens (including phenoxy) is 2. The van der Waals surface area contributed by atoms with Crippen LogP contribution in [0.15, 0.2) is 36.5 Å². The number of carbonyl (C=O) groups is 2. The van der Waals surface area contributed by atoms with E-state index in [0.717, 1.165) is 57.8 Å². The van der Waals surface area contributed by atoms with Crippen molar-refractivity contribution in [1.29, 1.82) is 0 Å². The van der Waals surface area contributed by atoms with Gasteiger partial charge >= 0.3 is 19.8 Å². The predicted octanol–water partition coefficient (Wildman–Crippen LogP) is 21.9. The molecule has 0 heterocycles. The van der Waals surface area contributed by atoms with Gasteiger partial charge in [0.1, 0.15) is 6.61 Å². The maximum absolute atomic E-state index is 12.7. The number of phosphoric ester groups is 1. The largest absolute Gasteiger partial charge is 0.472 e. The molecule has 460 valence electrons. The smallest absolute Gasteiger partial charge is 0.462 e. The van der Waals surface area contributed by atoms with Gasteiger partial charge in [-0.2, -0.15) is 0 Å². The molecule has 0 saturated heterocycles. The number of phosphoric acid groups is 1. The van der Waals surface area contributed by atoms with Crippen LogP contribution in [0.1, 0.15) is 354 Å². The maximum atomic E-state index is 12.7. The van der Waals surface area contributed by atoms with Gasteiger partial charge in [-0.1, -0.05) is 307 Å². The summed E-state index contributed by atoms with van der Waals surface area (Å²) in [6.07, 6.45) is 79.7. The first kappa shape index (κ1) is 76.2. The van der Waals surface area contributed by atoms with E-state index in [9.17, 15) is 19.0 Å². The van der Waals surface area contributed by atoms with Gasteiger partial charge in [-0.3, -0.25) is 18.6 Å². The molecule has 0 rings (SSSR count). The van der Waals surface area contributed by atoms with Crippen molar-refractivity contribution in [2.75, 3.05) is 26.4 Å². The highest BCUT2D eigenvalue weighted by Crippen LogP contribution is 2.43. The molecule has 9 nitrogen and oxygen atoms in total. The van der Waals surface area contributed by atoms with Gasteiger partial charge in [-0.15, -0.1) is 0 Å². The lowest BCUT2D eigenvalue weighted by molar-refractivity contribution is -0.161. The maximum Gasteiger partial charge on any atom is 0.472 e. The van der Waals surface area contributed by atoms with Crippen LogP contribution >= 0.6 is 7.82 Å². The van der Waals surface area contributed by atoms with E-state index in [1.165, 1.54) is 263 Å². The lowest BCUT2D eigenvalue weighted by Gasteiger charge is -2.19. The van der Waals surface area contributed by atoms with Crippen molar-refractivity contribution in [3.05, 3.63) is 36.5 Å². The molecule has 3 N–H and O–H groups in total. The number of nitrogens with two attached hydrogens (primary N) is 1. The minimum atomic E-state index is -4.39. The van der Waals surface area contributed by atoms with Crippen molar-refractivity contribution >= 4 is 19.8 Å². The third kappa shape index (κ3) is 63.4. The second-order valence-electron chi connectivity index (χ2n) is 23.0. The predicted molar refractivity (Wildman–Crippen MR) is 335 cm³/mol. The van der Waals surface area contributed by atoms with Gasteiger partial charge in [-0.25, -0.2) is 4.57 Å². The van der Waals surface area contributed by atoms with Gasteiger partial charge in [-0.05, 0) is 70.6 Å². The molecular weight excluding hydrogens is 990 g/mol. The fourth-order valence-corrected chi connectivity index (χ4v) is 11.0. The number of carbonyl (C=O) groups excluding carboxylic acids is 2. The molecule has 0 spiro atoms. The van der Waals surface area contributed by atoms with E-state index in [2.05, 4.69) is 50.3 Å². The lowest BCUT2D eigenvalue weighted by atomic mass is 10.0. The summed E-state index contributed by atoms with van der Waals surface area (Å²) in [5.41, 5.74) is 5.39. The van der Waals surface area contributed by atoms with Crippen LogP contribution in [0.25, 0.3) is 0 Å². The van der Waals surface area contributed by atoms with Crippen LogP contribution in [0.2, 0.25) is 0 Å². The Hall–Kier alpha value is -1.77. The first-order valence-electron chi connectivity index (χ1n) is 34.0. The molecule has 0 aromatic rings. The Morgan fingerprint density at radius 3 is 0.987 bits per heavy atom. The zero-order valence-electron chi connectivity index (χ0n) is 51.7. The molecule has 78 heavy (non-hydrogen) atoms. The van der Waals surface area contributed by atoms with Crippen LogP contribution in [-0.2, 0) is 32.7 Å². The molecule has 2 unspecified atom stereocenters. The minimum Gasteiger partial charge on any atom is -0.462 e. The Balaban J connectivity index is 3.72. The molecule has 0 fully saturated rings. The van der Waals surface area contributed by atoms with Gasteiger partial charge < -0.3 is 20.1 Å². The fraction of sp³-hybridized carbons (Fsp3) is 0.882. The lowest BCUT2D eigenvalue weighted by Crippen LogP contribution is -2.29. The molecule has 0 amide bonds. The summed E-state index contributed by atoms with van der Waals surface area (Å²) < 4.78 is 33.1. The molecule has 10 heteroatoms.